The first-order valence-electron chi connectivity index (χ1n) is 3.96. The lowest BCUT2D eigenvalue weighted by Crippen LogP contribution is -2.06. The van der Waals surface area contributed by atoms with Gasteiger partial charge in [-0.05, 0) is 13.0 Å². The molecule has 0 aliphatic heterocycles. The van der Waals surface area contributed by atoms with Gasteiger partial charge in [-0.3, -0.25) is 4.79 Å². The van der Waals surface area contributed by atoms with Gasteiger partial charge < -0.3 is 4.98 Å². The molecule has 3 heteroatoms. The zero-order valence-corrected chi connectivity index (χ0v) is 7.10. The predicted molar refractivity (Wildman–Crippen MR) is 49.3 cm³/mol. The third kappa shape index (κ3) is 1.22. The number of nitrogens with one attached hydrogen (secondary N) is 1. The smallest absolute Gasteiger partial charge is 0.256 e. The molecular formula is C10H8FNO. The number of hydrogen-bond donors (Lipinski definition) is 1. The summed E-state index contributed by atoms with van der Waals surface area (Å²) in [6.07, 6.45) is 1.08. The molecule has 0 saturated heterocycles. The molecule has 0 unspecified atom stereocenters. The summed E-state index contributed by atoms with van der Waals surface area (Å²) >= 11 is 0. The van der Waals surface area contributed by atoms with Crippen molar-refractivity contribution in [1.29, 1.82) is 0 Å². The van der Waals surface area contributed by atoms with Gasteiger partial charge in [0.05, 0.1) is 5.39 Å². The first-order valence-corrected chi connectivity index (χ1v) is 3.96. The number of aromatic nitrogens is 1. The standard InChI is InChI=1S/C10H8FNO/c1-6-2-3-7-8(4-6)10(13)12-5-9(7)11/h2-5H,1H3,(H,12,13). The Hall–Kier alpha value is -1.64. The minimum atomic E-state index is -0.394. The van der Waals surface area contributed by atoms with Crippen LogP contribution in [0.1, 0.15) is 5.56 Å². The maximum absolute atomic E-state index is 13.1. The van der Waals surface area contributed by atoms with E-state index in [1.807, 2.05) is 6.92 Å². The van der Waals surface area contributed by atoms with Gasteiger partial charge in [-0.2, -0.15) is 0 Å². The molecule has 0 amide bonds. The first-order chi connectivity index (χ1) is 6.18. The second-order valence-electron chi connectivity index (χ2n) is 3.01. The maximum Gasteiger partial charge on any atom is 0.256 e. The Bertz CT molecular complexity index is 516. The van der Waals surface area contributed by atoms with E-state index in [1.54, 1.807) is 18.2 Å². The van der Waals surface area contributed by atoms with Gasteiger partial charge in [0.25, 0.3) is 5.56 Å². The Morgan fingerprint density at radius 3 is 2.85 bits per heavy atom. The molecule has 0 spiro atoms. The summed E-state index contributed by atoms with van der Waals surface area (Å²) in [5.74, 6) is -0.394. The third-order valence-electron chi connectivity index (χ3n) is 2.01. The van der Waals surface area contributed by atoms with Gasteiger partial charge in [0.15, 0.2) is 0 Å². The summed E-state index contributed by atoms with van der Waals surface area (Å²) in [7, 11) is 0. The quantitative estimate of drug-likeness (QED) is 0.655. The van der Waals surface area contributed by atoms with Gasteiger partial charge in [-0.25, -0.2) is 4.39 Å². The number of aromatic amines is 1. The molecule has 1 aromatic carbocycles. The lowest BCUT2D eigenvalue weighted by Gasteiger charge is -1.98. The summed E-state index contributed by atoms with van der Waals surface area (Å²) < 4.78 is 13.1. The van der Waals surface area contributed by atoms with Crippen molar-refractivity contribution in [2.24, 2.45) is 0 Å². The Kier molecular flexibility index (Phi) is 1.65. The van der Waals surface area contributed by atoms with Crippen LogP contribution in [0.25, 0.3) is 10.8 Å². The maximum atomic E-state index is 13.1. The predicted octanol–water partition coefficient (Wildman–Crippen LogP) is 1.98. The number of hydrogen-bond acceptors (Lipinski definition) is 1. The fraction of sp³-hybridized carbons (Fsp3) is 0.100. The molecule has 2 aromatic rings. The molecule has 1 N–H and O–H groups in total. The van der Waals surface area contributed by atoms with Gasteiger partial charge in [0.2, 0.25) is 0 Å². The highest BCUT2D eigenvalue weighted by atomic mass is 19.1. The number of fused-ring (bicyclic) bond motifs is 1. The molecule has 0 radical (unpaired) electrons. The van der Waals surface area contributed by atoms with E-state index in [0.29, 0.717) is 10.8 Å². The van der Waals surface area contributed by atoms with Crippen LogP contribution in [0.5, 0.6) is 0 Å². The van der Waals surface area contributed by atoms with E-state index in [9.17, 15) is 9.18 Å². The average molecular weight is 177 g/mol. The number of H-pyrrole nitrogens is 1. The van der Waals surface area contributed by atoms with Crippen LogP contribution in [0.15, 0.2) is 29.2 Å². The minimum Gasteiger partial charge on any atom is -0.326 e. The molecule has 13 heavy (non-hydrogen) atoms. The molecule has 0 saturated carbocycles. The van der Waals surface area contributed by atoms with E-state index in [2.05, 4.69) is 4.98 Å². The van der Waals surface area contributed by atoms with Crippen molar-refractivity contribution in [3.63, 3.8) is 0 Å². The van der Waals surface area contributed by atoms with Crippen LogP contribution in [0, 0.1) is 12.7 Å². The second kappa shape index (κ2) is 2.69. The summed E-state index contributed by atoms with van der Waals surface area (Å²) in [5, 5.41) is 0.773. The van der Waals surface area contributed by atoms with E-state index in [0.717, 1.165) is 11.8 Å². The lowest BCUT2D eigenvalue weighted by atomic mass is 10.1. The normalized spacial score (nSPS) is 10.6. The van der Waals surface area contributed by atoms with Crippen LogP contribution in [0.4, 0.5) is 4.39 Å². The van der Waals surface area contributed by atoms with E-state index in [-0.39, 0.29) is 5.56 Å². The summed E-state index contributed by atoms with van der Waals surface area (Å²) in [6.45, 7) is 1.86. The molecule has 0 atom stereocenters. The molecule has 0 bridgehead atoms. The molecule has 1 aromatic heterocycles. The van der Waals surface area contributed by atoms with Crippen LogP contribution in [-0.4, -0.2) is 4.98 Å². The highest BCUT2D eigenvalue weighted by Crippen LogP contribution is 2.14. The third-order valence-corrected chi connectivity index (χ3v) is 2.01. The van der Waals surface area contributed by atoms with Gasteiger partial charge in [-0.1, -0.05) is 17.7 Å². The van der Waals surface area contributed by atoms with E-state index < -0.39 is 5.82 Å². The van der Waals surface area contributed by atoms with Crippen LogP contribution in [0.2, 0.25) is 0 Å². The van der Waals surface area contributed by atoms with Crippen LogP contribution < -0.4 is 5.56 Å². The van der Waals surface area contributed by atoms with Crippen LogP contribution in [0.3, 0.4) is 0 Å². The molecule has 0 fully saturated rings. The Morgan fingerprint density at radius 1 is 1.31 bits per heavy atom. The first kappa shape index (κ1) is 7.98. The summed E-state index contributed by atoms with van der Waals surface area (Å²) in [5.41, 5.74) is 0.698. The molecule has 1 heterocycles. The monoisotopic (exact) mass is 177 g/mol. The fourth-order valence-electron chi connectivity index (χ4n) is 1.34. The summed E-state index contributed by atoms with van der Waals surface area (Å²) in [6, 6.07) is 5.08. The van der Waals surface area contributed by atoms with Gasteiger partial charge in [0.1, 0.15) is 5.82 Å². The van der Waals surface area contributed by atoms with Crippen LogP contribution >= 0.6 is 0 Å². The molecule has 0 aliphatic rings. The lowest BCUT2D eigenvalue weighted by molar-refractivity contribution is 0.633. The van der Waals surface area contributed by atoms with Gasteiger partial charge >= 0.3 is 0 Å². The Balaban J connectivity index is 3.01. The van der Waals surface area contributed by atoms with Crippen molar-refractivity contribution in [3.05, 3.63) is 46.1 Å². The fourth-order valence-corrected chi connectivity index (χ4v) is 1.34. The number of benzene rings is 1. The number of halogens is 1. The second-order valence-corrected chi connectivity index (χ2v) is 3.01. The van der Waals surface area contributed by atoms with Crippen molar-refractivity contribution in [2.75, 3.05) is 0 Å². The van der Waals surface area contributed by atoms with Crippen LogP contribution in [-0.2, 0) is 0 Å². The molecule has 66 valence electrons. The van der Waals surface area contributed by atoms with Gasteiger partial charge in [0, 0.05) is 11.6 Å². The highest BCUT2D eigenvalue weighted by Gasteiger charge is 2.03. The summed E-state index contributed by atoms with van der Waals surface area (Å²) in [4.78, 5) is 13.6. The van der Waals surface area contributed by atoms with Crippen molar-refractivity contribution in [1.82, 2.24) is 4.98 Å². The van der Waals surface area contributed by atoms with Crippen molar-refractivity contribution in [2.45, 2.75) is 6.92 Å². The number of pyridine rings is 1. The van der Waals surface area contributed by atoms with Crippen molar-refractivity contribution < 1.29 is 4.39 Å². The van der Waals surface area contributed by atoms with E-state index in [1.165, 1.54) is 0 Å². The molecule has 0 aliphatic carbocycles. The van der Waals surface area contributed by atoms with E-state index in [4.69, 9.17) is 0 Å². The Morgan fingerprint density at radius 2 is 2.08 bits per heavy atom. The largest absolute Gasteiger partial charge is 0.326 e. The topological polar surface area (TPSA) is 32.9 Å². The zero-order valence-electron chi connectivity index (χ0n) is 7.10. The number of aryl methyl sites for hydroxylation is 1. The highest BCUT2D eigenvalue weighted by molar-refractivity contribution is 5.82. The molecular weight excluding hydrogens is 169 g/mol. The average Bonchev–Trinajstić information content (AvgIpc) is 2.12. The Labute approximate surface area is 74.0 Å². The van der Waals surface area contributed by atoms with Gasteiger partial charge in [-0.15, -0.1) is 0 Å². The SMILES string of the molecule is Cc1ccc2c(F)c[nH]c(=O)c2c1. The van der Waals surface area contributed by atoms with Crippen molar-refractivity contribution >= 4 is 10.8 Å². The molecule has 2 rings (SSSR count). The number of rotatable bonds is 0. The zero-order chi connectivity index (χ0) is 9.42. The van der Waals surface area contributed by atoms with E-state index >= 15 is 0 Å². The van der Waals surface area contributed by atoms with Crippen molar-refractivity contribution in [3.8, 4) is 0 Å². The minimum absolute atomic E-state index is 0.250. The molecule has 2 nitrogen and oxygen atoms in total.